The van der Waals surface area contributed by atoms with Crippen molar-refractivity contribution in [2.24, 2.45) is 8.80 Å². The Morgan fingerprint density at radius 2 is 0.969 bits per heavy atom. The van der Waals surface area contributed by atoms with Crippen molar-refractivity contribution < 1.29 is 95.8 Å². The molecule has 156 valence electrons. The first-order chi connectivity index (χ1) is 14.0. The van der Waals surface area contributed by atoms with E-state index in [0.717, 1.165) is 0 Å². The molecule has 16 heteroatoms. The Kier molecular flexibility index (Phi) is 9.62. The Morgan fingerprint density at radius 1 is 0.656 bits per heavy atom. The van der Waals surface area contributed by atoms with Crippen LogP contribution in [0.25, 0.3) is 0 Å². The zero-order valence-electron chi connectivity index (χ0n) is 16.6. The molecular weight excluding hydrogens is 486 g/mol. The van der Waals surface area contributed by atoms with E-state index in [1.807, 2.05) is 0 Å². The Balaban J connectivity index is 0.000000301. The molecule has 0 bridgehead atoms. The fraction of sp³-hybridized carbons (Fsp3) is 0. The minimum Gasteiger partial charge on any atom is -0.542 e. The molecule has 2 aromatic rings. The van der Waals surface area contributed by atoms with Crippen molar-refractivity contribution >= 4 is 55.0 Å². The van der Waals surface area contributed by atoms with Crippen molar-refractivity contribution in [3.05, 3.63) is 48.5 Å². The fourth-order valence-corrected chi connectivity index (χ4v) is 4.62. The average molecular weight is 496 g/mol. The molecule has 0 fully saturated rings. The first-order valence-corrected chi connectivity index (χ1v) is 10.7. The number of amidine groups is 2. The Hall–Kier alpha value is -1.78. The molecule has 2 aliphatic heterocycles. The number of hydrogen-bond acceptors (Lipinski definition) is 10. The summed E-state index contributed by atoms with van der Waals surface area (Å²) in [6.45, 7) is 0. The van der Waals surface area contributed by atoms with Gasteiger partial charge in [0.2, 0.25) is 0 Å². The summed E-state index contributed by atoms with van der Waals surface area (Å²) in [6.07, 6.45) is 0. The number of carboxylic acid groups (broad SMARTS) is 2. The van der Waals surface area contributed by atoms with Gasteiger partial charge in [-0.3, -0.25) is 0 Å². The maximum absolute atomic E-state index is 11.5. The molecule has 0 unspecified atom stereocenters. The monoisotopic (exact) mass is 496 g/mol. The number of rotatable bonds is 2. The van der Waals surface area contributed by atoms with Crippen LogP contribution in [0, 0.1) is 0 Å². The van der Waals surface area contributed by atoms with Crippen LogP contribution in [0.3, 0.4) is 0 Å². The van der Waals surface area contributed by atoms with Gasteiger partial charge in [0.1, 0.15) is 21.7 Å². The Bertz CT molecular complexity index is 1240. The summed E-state index contributed by atoms with van der Waals surface area (Å²) >= 11 is 0. The number of nitrogens with zero attached hydrogens (tertiary/aromatic N) is 2. The summed E-state index contributed by atoms with van der Waals surface area (Å²) in [5.41, 5.74) is 0.374. The quantitative estimate of drug-likeness (QED) is 0.377. The molecule has 0 radical (unpaired) electrons. The van der Waals surface area contributed by atoms with Crippen LogP contribution in [-0.4, -0.2) is 40.4 Å². The van der Waals surface area contributed by atoms with E-state index in [0.29, 0.717) is 0 Å². The van der Waals surface area contributed by atoms with E-state index in [2.05, 4.69) is 19.4 Å². The predicted octanol–water partition coefficient (Wildman–Crippen LogP) is -8.09. The minimum absolute atomic E-state index is 0. The number of carboxylic acids is 2. The van der Waals surface area contributed by atoms with Crippen LogP contribution in [0.15, 0.2) is 67.1 Å². The number of aliphatic carboxylic acids is 2. The van der Waals surface area contributed by atoms with E-state index in [-0.39, 0.29) is 80.3 Å². The van der Waals surface area contributed by atoms with Gasteiger partial charge < -0.3 is 30.4 Å². The smallest absolute Gasteiger partial charge is 0.542 e. The zero-order chi connectivity index (χ0) is 22.1. The number of sulfonamides is 2. The van der Waals surface area contributed by atoms with Crippen molar-refractivity contribution in [2.75, 3.05) is 10.6 Å². The predicted molar refractivity (Wildman–Crippen MR) is 99.4 cm³/mol. The summed E-state index contributed by atoms with van der Waals surface area (Å²) in [5.74, 6) is -4.72. The van der Waals surface area contributed by atoms with Crippen LogP contribution in [0.5, 0.6) is 0 Å². The van der Waals surface area contributed by atoms with Crippen molar-refractivity contribution in [1.82, 2.24) is 0 Å². The standard InChI is InChI=1S/2C8H6N2O4S.2Na/c2*11-8(12)7-9-5-3-1-2-4-6(5)15(13,14)10-7;;/h2*1-4H,(H,9,10)(H,11,12);;/q;;2*+1/p-2. The van der Waals surface area contributed by atoms with E-state index in [1.165, 1.54) is 36.4 Å². The molecular formula is C16H10N4Na2O8S2. The maximum Gasteiger partial charge on any atom is 1.00 e. The fourth-order valence-electron chi connectivity index (χ4n) is 2.41. The maximum atomic E-state index is 11.5. The number of fused-ring (bicyclic) bond motifs is 2. The second-order valence-electron chi connectivity index (χ2n) is 5.65. The number of benzene rings is 2. The molecule has 4 rings (SSSR count). The number of para-hydroxylation sites is 2. The zero-order valence-corrected chi connectivity index (χ0v) is 22.2. The summed E-state index contributed by atoms with van der Waals surface area (Å²) in [4.78, 5) is 20.9. The molecule has 2 heterocycles. The minimum atomic E-state index is -3.93. The second-order valence-corrected chi connectivity index (χ2v) is 8.79. The SMILES string of the molecule is O=C([O-])C1=NS(=O)(=O)c2ccccc2N1.O=C([O-])C1=NS(=O)(=O)c2ccccc2N1.[Na+].[Na+]. The third-order valence-electron chi connectivity index (χ3n) is 3.65. The van der Waals surface area contributed by atoms with E-state index < -0.39 is 43.7 Å². The van der Waals surface area contributed by atoms with Crippen LogP contribution in [0.2, 0.25) is 0 Å². The molecule has 32 heavy (non-hydrogen) atoms. The van der Waals surface area contributed by atoms with Gasteiger partial charge in [0.25, 0.3) is 20.0 Å². The number of nitrogens with one attached hydrogen (secondary N) is 2. The largest absolute Gasteiger partial charge is 1.00 e. The third-order valence-corrected chi connectivity index (χ3v) is 6.32. The molecule has 2 aliphatic rings. The van der Waals surface area contributed by atoms with Gasteiger partial charge in [0.15, 0.2) is 11.7 Å². The molecule has 0 saturated heterocycles. The number of anilines is 2. The van der Waals surface area contributed by atoms with Crippen molar-refractivity contribution in [2.45, 2.75) is 9.79 Å². The van der Waals surface area contributed by atoms with Crippen molar-refractivity contribution in [3.8, 4) is 0 Å². The van der Waals surface area contributed by atoms with Crippen LogP contribution < -0.4 is 80.0 Å². The third kappa shape index (κ3) is 6.17. The van der Waals surface area contributed by atoms with Gasteiger partial charge in [-0.1, -0.05) is 24.3 Å². The molecule has 0 atom stereocenters. The first-order valence-electron chi connectivity index (χ1n) is 7.86. The van der Waals surface area contributed by atoms with Gasteiger partial charge in [-0.2, -0.15) is 16.8 Å². The van der Waals surface area contributed by atoms with Gasteiger partial charge in [0.05, 0.1) is 11.4 Å². The molecule has 0 spiro atoms. The van der Waals surface area contributed by atoms with Gasteiger partial charge in [-0.15, -0.1) is 8.80 Å². The number of hydrogen-bond donors (Lipinski definition) is 2. The van der Waals surface area contributed by atoms with Crippen LogP contribution in [0.1, 0.15) is 0 Å². The summed E-state index contributed by atoms with van der Waals surface area (Å²) in [6, 6.07) is 11.8. The molecule has 0 amide bonds. The van der Waals surface area contributed by atoms with Gasteiger partial charge in [0, 0.05) is 0 Å². The van der Waals surface area contributed by atoms with Crippen LogP contribution in [-0.2, 0) is 29.6 Å². The summed E-state index contributed by atoms with van der Waals surface area (Å²) in [5, 5.41) is 25.7. The van der Waals surface area contributed by atoms with Crippen molar-refractivity contribution in [1.29, 1.82) is 0 Å². The molecule has 12 nitrogen and oxygen atoms in total. The number of carbonyl (C=O) groups is 2. The molecule has 0 aliphatic carbocycles. The van der Waals surface area contributed by atoms with Crippen LogP contribution in [0.4, 0.5) is 11.4 Å². The van der Waals surface area contributed by atoms with Gasteiger partial charge in [-0.25, -0.2) is 0 Å². The summed E-state index contributed by atoms with van der Waals surface area (Å²) in [7, 11) is -7.86. The second kappa shape index (κ2) is 10.9. The number of carbonyl (C=O) groups excluding carboxylic acids is 2. The average Bonchev–Trinajstić information content (AvgIpc) is 2.67. The van der Waals surface area contributed by atoms with E-state index in [9.17, 15) is 36.6 Å². The molecule has 2 N–H and O–H groups in total. The van der Waals surface area contributed by atoms with E-state index in [1.54, 1.807) is 12.1 Å². The molecule has 0 aromatic heterocycles. The van der Waals surface area contributed by atoms with Gasteiger partial charge in [-0.05, 0) is 24.3 Å². The topological polar surface area (TPSA) is 197 Å². The van der Waals surface area contributed by atoms with Crippen LogP contribution >= 0.6 is 0 Å². The van der Waals surface area contributed by atoms with Gasteiger partial charge >= 0.3 is 59.1 Å². The Labute approximate surface area is 226 Å². The van der Waals surface area contributed by atoms with E-state index >= 15 is 0 Å². The molecule has 2 aromatic carbocycles. The van der Waals surface area contributed by atoms with E-state index in [4.69, 9.17) is 0 Å². The Morgan fingerprint density at radius 3 is 1.28 bits per heavy atom. The normalized spacial score (nSPS) is 16.1. The summed E-state index contributed by atoms with van der Waals surface area (Å²) < 4.78 is 52.0. The first kappa shape index (κ1) is 28.3. The van der Waals surface area contributed by atoms with Crippen molar-refractivity contribution in [3.63, 3.8) is 0 Å². The molecule has 0 saturated carbocycles.